The van der Waals surface area contributed by atoms with Crippen LogP contribution in [0.2, 0.25) is 0 Å². The molecule has 0 aliphatic carbocycles. The minimum absolute atomic E-state index is 0.194. The lowest BCUT2D eigenvalue weighted by Gasteiger charge is -2.11. The van der Waals surface area contributed by atoms with Crippen molar-refractivity contribution in [2.75, 3.05) is 0 Å². The van der Waals surface area contributed by atoms with Crippen molar-refractivity contribution >= 4 is 0 Å². The molecule has 0 bridgehead atoms. The van der Waals surface area contributed by atoms with Gasteiger partial charge in [0.15, 0.2) is 0 Å². The topological polar surface area (TPSA) is 61.7 Å². The lowest BCUT2D eigenvalue weighted by molar-refractivity contribution is 0.569. The van der Waals surface area contributed by atoms with E-state index in [9.17, 15) is 0 Å². The molecule has 5 heteroatoms. The number of imidazole rings is 2. The molecule has 18 heavy (non-hydrogen) atoms. The second kappa shape index (κ2) is 5.82. The summed E-state index contributed by atoms with van der Waals surface area (Å²) < 4.78 is 4.22. The average molecular weight is 247 g/mol. The van der Waals surface area contributed by atoms with Crippen LogP contribution >= 0.6 is 0 Å². The van der Waals surface area contributed by atoms with Crippen LogP contribution in [0.4, 0.5) is 0 Å². The number of rotatable bonds is 6. The van der Waals surface area contributed by atoms with E-state index in [1.165, 1.54) is 0 Å². The van der Waals surface area contributed by atoms with Gasteiger partial charge in [0.05, 0.1) is 0 Å². The van der Waals surface area contributed by atoms with E-state index in [1.807, 2.05) is 36.4 Å². The molecule has 0 saturated carbocycles. The maximum atomic E-state index is 5.98. The molecule has 98 valence electrons. The first-order valence-corrected chi connectivity index (χ1v) is 6.42. The fourth-order valence-electron chi connectivity index (χ4n) is 1.97. The van der Waals surface area contributed by atoms with Crippen LogP contribution in [0.5, 0.6) is 0 Å². The number of aryl methyl sites for hydroxylation is 3. The van der Waals surface area contributed by atoms with Gasteiger partial charge < -0.3 is 14.9 Å². The van der Waals surface area contributed by atoms with Crippen molar-refractivity contribution < 1.29 is 0 Å². The monoisotopic (exact) mass is 247 g/mol. The minimum Gasteiger partial charge on any atom is -0.338 e. The molecular formula is C13H21N5. The van der Waals surface area contributed by atoms with E-state index in [4.69, 9.17) is 5.73 Å². The zero-order valence-corrected chi connectivity index (χ0v) is 11.1. The Kier molecular flexibility index (Phi) is 4.15. The van der Waals surface area contributed by atoms with Crippen LogP contribution in [0.25, 0.3) is 0 Å². The molecule has 0 saturated heterocycles. The Labute approximate surface area is 108 Å². The second-order valence-corrected chi connectivity index (χ2v) is 4.61. The van der Waals surface area contributed by atoms with Gasteiger partial charge in [-0.3, -0.25) is 0 Å². The minimum atomic E-state index is 0.194. The molecule has 2 aromatic rings. The van der Waals surface area contributed by atoms with E-state index in [-0.39, 0.29) is 6.04 Å². The number of nitrogens with two attached hydrogens (primary N) is 1. The van der Waals surface area contributed by atoms with Crippen LogP contribution in [-0.4, -0.2) is 25.1 Å². The molecule has 0 fully saturated rings. The fourth-order valence-corrected chi connectivity index (χ4v) is 1.97. The molecule has 0 aliphatic rings. The van der Waals surface area contributed by atoms with E-state index >= 15 is 0 Å². The molecule has 1 unspecified atom stereocenters. The molecule has 2 aromatic heterocycles. The van der Waals surface area contributed by atoms with Gasteiger partial charge in [0.2, 0.25) is 0 Å². The van der Waals surface area contributed by atoms with Crippen LogP contribution in [0.15, 0.2) is 24.8 Å². The molecule has 2 rings (SSSR count). The van der Waals surface area contributed by atoms with E-state index in [2.05, 4.69) is 21.5 Å². The number of hydrogen-bond donors (Lipinski definition) is 1. The first-order chi connectivity index (χ1) is 8.70. The maximum absolute atomic E-state index is 5.98. The third-order valence-electron chi connectivity index (χ3n) is 3.27. The van der Waals surface area contributed by atoms with Gasteiger partial charge in [-0.15, -0.1) is 0 Å². The van der Waals surface area contributed by atoms with Gasteiger partial charge in [-0.05, 0) is 6.42 Å². The largest absolute Gasteiger partial charge is 0.338 e. The molecule has 5 nitrogen and oxygen atoms in total. The smallest absolute Gasteiger partial charge is 0.110 e. The van der Waals surface area contributed by atoms with Gasteiger partial charge in [0.1, 0.15) is 11.6 Å². The Hall–Kier alpha value is -1.62. The fraction of sp³-hybridized carbons (Fsp3) is 0.538. The van der Waals surface area contributed by atoms with Gasteiger partial charge in [-0.25, -0.2) is 9.97 Å². The Morgan fingerprint density at radius 3 is 2.61 bits per heavy atom. The Morgan fingerprint density at radius 1 is 1.22 bits per heavy atom. The van der Waals surface area contributed by atoms with Crippen molar-refractivity contribution in [2.24, 2.45) is 12.8 Å². The molecular weight excluding hydrogens is 226 g/mol. The average Bonchev–Trinajstić information content (AvgIpc) is 2.96. The third kappa shape index (κ3) is 2.98. The zero-order chi connectivity index (χ0) is 13.0. The van der Waals surface area contributed by atoms with Crippen molar-refractivity contribution in [1.29, 1.82) is 0 Å². The van der Waals surface area contributed by atoms with Crippen LogP contribution in [0.3, 0.4) is 0 Å². The van der Waals surface area contributed by atoms with Gasteiger partial charge in [-0.1, -0.05) is 6.92 Å². The van der Waals surface area contributed by atoms with Gasteiger partial charge in [-0.2, -0.15) is 0 Å². The number of aromatic nitrogens is 4. The summed E-state index contributed by atoms with van der Waals surface area (Å²) in [7, 11) is 2.02. The van der Waals surface area contributed by atoms with Gasteiger partial charge in [0, 0.05) is 57.3 Å². The highest BCUT2D eigenvalue weighted by Crippen LogP contribution is 2.05. The molecule has 0 spiro atoms. The van der Waals surface area contributed by atoms with Crippen molar-refractivity contribution in [3.8, 4) is 0 Å². The normalized spacial score (nSPS) is 12.8. The highest BCUT2D eigenvalue weighted by atomic mass is 15.1. The first-order valence-electron chi connectivity index (χ1n) is 6.42. The summed E-state index contributed by atoms with van der Waals surface area (Å²) in [6.07, 6.45) is 10.4. The summed E-state index contributed by atoms with van der Waals surface area (Å²) in [5, 5.41) is 0. The summed E-state index contributed by atoms with van der Waals surface area (Å²) in [6, 6.07) is 0.194. The Bertz CT molecular complexity index is 485. The summed E-state index contributed by atoms with van der Waals surface area (Å²) in [5.41, 5.74) is 5.98. The second-order valence-electron chi connectivity index (χ2n) is 4.61. The summed E-state index contributed by atoms with van der Waals surface area (Å²) in [4.78, 5) is 8.71. The SMILES string of the molecule is CCC(N)Cc1nccn1CCc1nccn1C. The molecule has 0 amide bonds. The molecule has 2 N–H and O–H groups in total. The van der Waals surface area contributed by atoms with Crippen LogP contribution in [0.1, 0.15) is 25.0 Å². The highest BCUT2D eigenvalue weighted by molar-refractivity contribution is 4.97. The Balaban J connectivity index is 1.97. The van der Waals surface area contributed by atoms with Crippen molar-refractivity contribution in [3.63, 3.8) is 0 Å². The number of nitrogens with zero attached hydrogens (tertiary/aromatic N) is 4. The Morgan fingerprint density at radius 2 is 1.94 bits per heavy atom. The predicted octanol–water partition coefficient (Wildman–Crippen LogP) is 1.14. The van der Waals surface area contributed by atoms with E-state index < -0.39 is 0 Å². The standard InChI is InChI=1S/C13H21N5/c1-3-11(14)10-13-16-6-9-18(13)7-4-12-15-5-8-17(12)2/h5-6,8-9,11H,3-4,7,10,14H2,1-2H3. The van der Waals surface area contributed by atoms with Crippen molar-refractivity contribution in [1.82, 2.24) is 19.1 Å². The molecule has 0 radical (unpaired) electrons. The van der Waals surface area contributed by atoms with Gasteiger partial charge >= 0.3 is 0 Å². The molecule has 2 heterocycles. The summed E-state index contributed by atoms with van der Waals surface area (Å²) in [6.45, 7) is 3.00. The summed E-state index contributed by atoms with van der Waals surface area (Å²) in [5.74, 6) is 2.16. The zero-order valence-electron chi connectivity index (χ0n) is 11.1. The van der Waals surface area contributed by atoms with Crippen molar-refractivity contribution in [2.45, 2.75) is 38.8 Å². The quantitative estimate of drug-likeness (QED) is 0.832. The molecule has 0 aliphatic heterocycles. The molecule has 0 aromatic carbocycles. The van der Waals surface area contributed by atoms with Crippen LogP contribution < -0.4 is 5.73 Å². The van der Waals surface area contributed by atoms with E-state index in [1.54, 1.807) is 0 Å². The summed E-state index contributed by atoms with van der Waals surface area (Å²) >= 11 is 0. The lowest BCUT2D eigenvalue weighted by Crippen LogP contribution is -2.23. The van der Waals surface area contributed by atoms with E-state index in [0.29, 0.717) is 0 Å². The van der Waals surface area contributed by atoms with E-state index in [0.717, 1.165) is 37.5 Å². The highest BCUT2D eigenvalue weighted by Gasteiger charge is 2.08. The predicted molar refractivity (Wildman–Crippen MR) is 71.1 cm³/mol. The van der Waals surface area contributed by atoms with Crippen molar-refractivity contribution in [3.05, 3.63) is 36.4 Å². The van der Waals surface area contributed by atoms with Crippen LogP contribution in [0, 0.1) is 0 Å². The third-order valence-corrected chi connectivity index (χ3v) is 3.27. The van der Waals surface area contributed by atoms with Gasteiger partial charge in [0.25, 0.3) is 0 Å². The van der Waals surface area contributed by atoms with Crippen LogP contribution in [-0.2, 0) is 26.4 Å². The maximum Gasteiger partial charge on any atom is 0.110 e. The first kappa shape index (κ1) is 12.8. The molecule has 1 atom stereocenters. The lowest BCUT2D eigenvalue weighted by atomic mass is 10.1. The number of hydrogen-bond acceptors (Lipinski definition) is 3.